The van der Waals surface area contributed by atoms with Crippen molar-refractivity contribution in [2.45, 2.75) is 13.0 Å². The summed E-state index contributed by atoms with van der Waals surface area (Å²) in [5.74, 6) is 0.432. The van der Waals surface area contributed by atoms with Crippen LogP contribution in [0.1, 0.15) is 18.5 Å². The summed E-state index contributed by atoms with van der Waals surface area (Å²) in [6, 6.07) is 7.03. The Morgan fingerprint density at radius 2 is 2.00 bits per heavy atom. The Balaban J connectivity index is 3.09. The number of ether oxygens (including phenoxy) is 2. The smallest absolute Gasteiger partial charge is 0.328 e. The van der Waals surface area contributed by atoms with Crippen molar-refractivity contribution in [2.75, 3.05) is 27.8 Å². The van der Waals surface area contributed by atoms with Gasteiger partial charge in [-0.1, -0.05) is 18.2 Å². The van der Waals surface area contributed by atoms with E-state index >= 15 is 0 Å². The molecular formula is C13H19NO3. The second kappa shape index (κ2) is 6.25. The number of carbonyl (C=O) groups excluding carboxylic acids is 1. The Labute approximate surface area is 102 Å². The molecule has 0 fully saturated rings. The molecule has 0 spiro atoms. The zero-order valence-corrected chi connectivity index (χ0v) is 10.8. The maximum absolute atomic E-state index is 11.9. The fraction of sp³-hybridized carbons (Fsp3) is 0.462. The minimum Gasteiger partial charge on any atom is -0.496 e. The first-order valence-corrected chi connectivity index (χ1v) is 5.57. The summed E-state index contributed by atoms with van der Waals surface area (Å²) >= 11 is 0. The van der Waals surface area contributed by atoms with E-state index in [0.717, 1.165) is 5.56 Å². The third-order valence-electron chi connectivity index (χ3n) is 2.46. The van der Waals surface area contributed by atoms with Crippen LogP contribution in [0.5, 0.6) is 5.75 Å². The Bertz CT molecular complexity index is 377. The monoisotopic (exact) mass is 237 g/mol. The number of likely N-dealkylation sites (N-methyl/N-ethyl adjacent to an activating group) is 1. The molecule has 1 aromatic rings. The average Bonchev–Trinajstić information content (AvgIpc) is 2.30. The van der Waals surface area contributed by atoms with Crippen LogP contribution in [0.2, 0.25) is 0 Å². The minimum atomic E-state index is -0.439. The molecule has 0 saturated heterocycles. The van der Waals surface area contributed by atoms with Gasteiger partial charge in [-0.2, -0.15) is 0 Å². The second-order valence-corrected chi connectivity index (χ2v) is 3.86. The molecule has 4 heteroatoms. The molecule has 1 unspecified atom stereocenters. The number of nitrogens with zero attached hydrogens (tertiary/aromatic N) is 1. The molecule has 0 amide bonds. The number of carbonyl (C=O) groups is 1. The van der Waals surface area contributed by atoms with Crippen LogP contribution >= 0.6 is 0 Å². The summed E-state index contributed by atoms with van der Waals surface area (Å²) in [6.45, 7) is 2.17. The normalized spacial score (nSPS) is 12.3. The summed E-state index contributed by atoms with van der Waals surface area (Å²) in [5.41, 5.74) is 0.818. The number of rotatable bonds is 5. The van der Waals surface area contributed by atoms with Gasteiger partial charge in [-0.05, 0) is 27.1 Å². The number of hydrogen-bond acceptors (Lipinski definition) is 4. The number of benzene rings is 1. The molecule has 17 heavy (non-hydrogen) atoms. The highest BCUT2D eigenvalue weighted by atomic mass is 16.5. The van der Waals surface area contributed by atoms with Gasteiger partial charge in [0, 0.05) is 5.56 Å². The fourth-order valence-electron chi connectivity index (χ4n) is 1.73. The van der Waals surface area contributed by atoms with Gasteiger partial charge in [0.25, 0.3) is 0 Å². The van der Waals surface area contributed by atoms with E-state index in [1.165, 1.54) is 0 Å². The zero-order chi connectivity index (χ0) is 12.8. The summed E-state index contributed by atoms with van der Waals surface area (Å²) in [7, 11) is 5.28. The van der Waals surface area contributed by atoms with Crippen LogP contribution in [0.25, 0.3) is 0 Å². The highest BCUT2D eigenvalue weighted by molar-refractivity contribution is 5.78. The minimum absolute atomic E-state index is 0.262. The Hall–Kier alpha value is -1.55. The van der Waals surface area contributed by atoms with Crippen LogP contribution in [-0.4, -0.2) is 38.7 Å². The molecule has 0 N–H and O–H groups in total. The van der Waals surface area contributed by atoms with Crippen LogP contribution in [0, 0.1) is 0 Å². The van der Waals surface area contributed by atoms with E-state index in [9.17, 15) is 4.79 Å². The van der Waals surface area contributed by atoms with Crippen LogP contribution in [0.3, 0.4) is 0 Å². The fourth-order valence-corrected chi connectivity index (χ4v) is 1.73. The lowest BCUT2D eigenvalue weighted by Crippen LogP contribution is -2.29. The van der Waals surface area contributed by atoms with E-state index in [2.05, 4.69) is 0 Å². The third kappa shape index (κ3) is 3.20. The van der Waals surface area contributed by atoms with Gasteiger partial charge in [0.15, 0.2) is 0 Å². The van der Waals surface area contributed by atoms with Crippen LogP contribution in [0.4, 0.5) is 0 Å². The van der Waals surface area contributed by atoms with E-state index in [-0.39, 0.29) is 5.97 Å². The van der Waals surface area contributed by atoms with Gasteiger partial charge < -0.3 is 9.47 Å². The van der Waals surface area contributed by atoms with Gasteiger partial charge in [0.1, 0.15) is 11.8 Å². The zero-order valence-electron chi connectivity index (χ0n) is 10.8. The van der Waals surface area contributed by atoms with E-state index in [4.69, 9.17) is 9.47 Å². The van der Waals surface area contributed by atoms with E-state index in [1.807, 2.05) is 43.3 Å². The van der Waals surface area contributed by atoms with Crippen molar-refractivity contribution >= 4 is 5.97 Å². The summed E-state index contributed by atoms with van der Waals surface area (Å²) < 4.78 is 10.4. The van der Waals surface area contributed by atoms with Crippen molar-refractivity contribution in [3.8, 4) is 5.75 Å². The number of hydrogen-bond donors (Lipinski definition) is 0. The standard InChI is InChI=1S/C13H19NO3/c1-5-17-13(15)12(14(2)3)10-8-6-7-9-11(10)16-4/h6-9,12H,5H2,1-4H3. The number of para-hydroxylation sites is 1. The molecule has 0 aliphatic carbocycles. The maximum Gasteiger partial charge on any atom is 0.328 e. The predicted molar refractivity (Wildman–Crippen MR) is 66.1 cm³/mol. The SMILES string of the molecule is CCOC(=O)C(c1ccccc1OC)N(C)C. The van der Waals surface area contributed by atoms with Crippen LogP contribution in [0.15, 0.2) is 24.3 Å². The summed E-state index contributed by atoms with van der Waals surface area (Å²) in [5, 5.41) is 0. The number of methoxy groups -OCH3 is 1. The maximum atomic E-state index is 11.9. The Morgan fingerprint density at radius 3 is 2.53 bits per heavy atom. The Morgan fingerprint density at radius 1 is 1.35 bits per heavy atom. The Kier molecular flexibility index (Phi) is 4.97. The van der Waals surface area contributed by atoms with Crippen molar-refractivity contribution < 1.29 is 14.3 Å². The molecule has 0 saturated carbocycles. The van der Waals surface area contributed by atoms with Crippen molar-refractivity contribution in [1.29, 1.82) is 0 Å². The highest BCUT2D eigenvalue weighted by Gasteiger charge is 2.26. The molecule has 0 bridgehead atoms. The lowest BCUT2D eigenvalue weighted by atomic mass is 10.0. The van der Waals surface area contributed by atoms with E-state index < -0.39 is 6.04 Å². The van der Waals surface area contributed by atoms with Crippen molar-refractivity contribution in [2.24, 2.45) is 0 Å². The molecule has 1 aromatic carbocycles. The van der Waals surface area contributed by atoms with Crippen LogP contribution < -0.4 is 4.74 Å². The molecule has 0 radical (unpaired) electrons. The molecule has 94 valence electrons. The first kappa shape index (κ1) is 13.5. The van der Waals surface area contributed by atoms with Gasteiger partial charge in [-0.15, -0.1) is 0 Å². The molecule has 1 atom stereocenters. The van der Waals surface area contributed by atoms with Gasteiger partial charge in [-0.25, -0.2) is 4.79 Å². The third-order valence-corrected chi connectivity index (χ3v) is 2.46. The van der Waals surface area contributed by atoms with Gasteiger partial charge >= 0.3 is 5.97 Å². The second-order valence-electron chi connectivity index (χ2n) is 3.86. The molecule has 0 aliphatic rings. The molecule has 1 rings (SSSR count). The molecule has 0 aliphatic heterocycles. The summed E-state index contributed by atoms with van der Waals surface area (Å²) in [6.07, 6.45) is 0. The van der Waals surface area contributed by atoms with Gasteiger partial charge in [-0.3, -0.25) is 4.90 Å². The molecule has 0 heterocycles. The van der Waals surface area contributed by atoms with Crippen molar-refractivity contribution in [3.05, 3.63) is 29.8 Å². The first-order chi connectivity index (χ1) is 8.11. The highest BCUT2D eigenvalue weighted by Crippen LogP contribution is 2.28. The largest absolute Gasteiger partial charge is 0.496 e. The van der Waals surface area contributed by atoms with Gasteiger partial charge in [0.05, 0.1) is 13.7 Å². The molecule has 0 aromatic heterocycles. The summed E-state index contributed by atoms with van der Waals surface area (Å²) in [4.78, 5) is 13.7. The average molecular weight is 237 g/mol. The van der Waals surface area contributed by atoms with Crippen LogP contribution in [-0.2, 0) is 9.53 Å². The van der Waals surface area contributed by atoms with E-state index in [1.54, 1.807) is 14.0 Å². The van der Waals surface area contributed by atoms with Crippen molar-refractivity contribution in [3.63, 3.8) is 0 Å². The van der Waals surface area contributed by atoms with Crippen molar-refractivity contribution in [1.82, 2.24) is 4.90 Å². The van der Waals surface area contributed by atoms with E-state index in [0.29, 0.717) is 12.4 Å². The lowest BCUT2D eigenvalue weighted by Gasteiger charge is -2.24. The number of esters is 1. The quantitative estimate of drug-likeness (QED) is 0.733. The first-order valence-electron chi connectivity index (χ1n) is 5.57. The molecule has 4 nitrogen and oxygen atoms in total. The topological polar surface area (TPSA) is 38.8 Å². The van der Waals surface area contributed by atoms with Gasteiger partial charge in [0.2, 0.25) is 0 Å². The predicted octanol–water partition coefficient (Wildman–Crippen LogP) is 1.86. The molecular weight excluding hydrogens is 218 g/mol. The lowest BCUT2D eigenvalue weighted by molar-refractivity contribution is -0.148.